The Morgan fingerprint density at radius 3 is 2.57 bits per heavy atom. The zero-order valence-electron chi connectivity index (χ0n) is 22.2. The van der Waals surface area contributed by atoms with E-state index in [4.69, 9.17) is 18.9 Å². The van der Waals surface area contributed by atoms with E-state index in [1.165, 1.54) is 12.0 Å². The van der Waals surface area contributed by atoms with Crippen molar-refractivity contribution < 1.29 is 33.3 Å². The Balaban J connectivity index is 1.57. The van der Waals surface area contributed by atoms with Crippen LogP contribution in [0.4, 0.5) is 4.79 Å². The average molecular weight is 514 g/mol. The van der Waals surface area contributed by atoms with Crippen LogP contribution in [0.15, 0.2) is 30.5 Å². The summed E-state index contributed by atoms with van der Waals surface area (Å²) < 4.78 is 22.1. The van der Waals surface area contributed by atoms with E-state index in [0.717, 1.165) is 17.2 Å². The van der Waals surface area contributed by atoms with Crippen LogP contribution in [0.2, 0.25) is 0 Å². The van der Waals surface area contributed by atoms with Crippen LogP contribution in [0.1, 0.15) is 47.0 Å². The van der Waals surface area contributed by atoms with Crippen LogP contribution in [0, 0.1) is 5.92 Å². The number of hydrogen-bond donors (Lipinski definition) is 1. The Morgan fingerprint density at radius 2 is 1.95 bits per heavy atom. The second-order valence-electron chi connectivity index (χ2n) is 10.6. The molecule has 10 nitrogen and oxygen atoms in total. The lowest BCUT2D eigenvalue weighted by molar-refractivity contribution is -0.147. The number of benzene rings is 1. The third-order valence-corrected chi connectivity index (χ3v) is 6.90. The van der Waals surface area contributed by atoms with E-state index in [-0.39, 0.29) is 18.9 Å². The van der Waals surface area contributed by atoms with Crippen LogP contribution in [0.25, 0.3) is 10.8 Å². The zero-order valence-corrected chi connectivity index (χ0v) is 22.2. The molecule has 4 rings (SSSR count). The molecule has 4 unspecified atom stereocenters. The predicted molar refractivity (Wildman–Crippen MR) is 135 cm³/mol. The summed E-state index contributed by atoms with van der Waals surface area (Å²) >= 11 is 0. The van der Waals surface area contributed by atoms with Crippen molar-refractivity contribution in [1.82, 2.24) is 15.2 Å². The summed E-state index contributed by atoms with van der Waals surface area (Å²) in [7, 11) is 2.91. The fourth-order valence-corrected chi connectivity index (χ4v) is 4.92. The van der Waals surface area contributed by atoms with Gasteiger partial charge < -0.3 is 24.3 Å². The maximum atomic E-state index is 13.5. The second-order valence-corrected chi connectivity index (χ2v) is 10.6. The number of likely N-dealkylation sites (tertiary alicyclic amines) is 1. The van der Waals surface area contributed by atoms with Gasteiger partial charge in [-0.3, -0.25) is 9.69 Å². The molecule has 1 N–H and O–H groups in total. The number of carbonyl (C=O) groups excluding carboxylic acids is 3. The van der Waals surface area contributed by atoms with Crippen molar-refractivity contribution >= 4 is 28.7 Å². The monoisotopic (exact) mass is 513 g/mol. The third kappa shape index (κ3) is 5.42. The molecule has 1 saturated heterocycles. The number of pyridine rings is 1. The first-order valence-corrected chi connectivity index (χ1v) is 12.5. The van der Waals surface area contributed by atoms with Crippen LogP contribution >= 0.6 is 0 Å². The molecule has 0 bridgehead atoms. The van der Waals surface area contributed by atoms with Gasteiger partial charge in [-0.2, -0.15) is 0 Å². The second kappa shape index (κ2) is 10.1. The van der Waals surface area contributed by atoms with Gasteiger partial charge in [0.1, 0.15) is 29.0 Å². The van der Waals surface area contributed by atoms with Gasteiger partial charge in [0, 0.05) is 18.0 Å². The van der Waals surface area contributed by atoms with Crippen molar-refractivity contribution in [3.63, 3.8) is 0 Å². The van der Waals surface area contributed by atoms with Gasteiger partial charge in [-0.15, -0.1) is 0 Å². The third-order valence-electron chi connectivity index (χ3n) is 6.90. The highest BCUT2D eigenvalue weighted by molar-refractivity contribution is 5.94. The lowest BCUT2D eigenvalue weighted by atomic mass is 10.1. The fraction of sp³-hybridized carbons (Fsp3) is 0.556. The first-order valence-electron chi connectivity index (χ1n) is 12.5. The number of hydrogen-bond acceptors (Lipinski definition) is 8. The van der Waals surface area contributed by atoms with E-state index < -0.39 is 41.3 Å². The number of ether oxygens (including phenoxy) is 4. The number of nitrogens with one attached hydrogen (secondary N) is 1. The van der Waals surface area contributed by atoms with Crippen LogP contribution in [0.3, 0.4) is 0 Å². The van der Waals surface area contributed by atoms with Crippen molar-refractivity contribution in [1.29, 1.82) is 0 Å². The normalized spacial score (nSPS) is 24.9. The summed E-state index contributed by atoms with van der Waals surface area (Å²) in [5.41, 5.74) is -1.81. The number of methoxy groups -OCH3 is 2. The lowest BCUT2D eigenvalue weighted by Crippen LogP contribution is -2.53. The molecule has 2 fully saturated rings. The van der Waals surface area contributed by atoms with Crippen LogP contribution < -0.4 is 14.8 Å². The van der Waals surface area contributed by atoms with Crippen molar-refractivity contribution in [2.45, 2.75) is 70.2 Å². The summed E-state index contributed by atoms with van der Waals surface area (Å²) in [5, 5.41) is 4.56. The van der Waals surface area contributed by atoms with E-state index in [1.807, 2.05) is 31.2 Å². The number of amides is 2. The van der Waals surface area contributed by atoms with Crippen molar-refractivity contribution in [3.05, 3.63) is 30.5 Å². The molecule has 0 spiro atoms. The van der Waals surface area contributed by atoms with Crippen LogP contribution in [-0.2, 0) is 19.1 Å². The number of nitrogens with zero attached hydrogens (tertiary/aromatic N) is 2. The fourth-order valence-electron chi connectivity index (χ4n) is 4.92. The minimum atomic E-state index is -1.06. The molecule has 1 aliphatic heterocycles. The first kappa shape index (κ1) is 26.5. The standard InChI is InChI=1S/C27H35N3O7/c1-7-17-14-27(17,24(32)35-6)29-22(31)21-13-19(15-30(21)25(33)37-26(2,3)4)36-23-20-9-8-18(34-5)12-16(20)10-11-28-23/h8-12,17,19,21H,7,13-15H2,1-6H3,(H,29,31). The van der Waals surface area contributed by atoms with Crippen molar-refractivity contribution in [3.8, 4) is 11.6 Å². The summed E-state index contributed by atoms with van der Waals surface area (Å²) in [4.78, 5) is 44.9. The number of aromatic nitrogens is 1. The van der Waals surface area contributed by atoms with Gasteiger partial charge in [0.15, 0.2) is 0 Å². The summed E-state index contributed by atoms with van der Waals surface area (Å²) in [6, 6.07) is 6.54. The minimum absolute atomic E-state index is 0.01000. The first-order chi connectivity index (χ1) is 17.5. The molecule has 10 heteroatoms. The van der Waals surface area contributed by atoms with Gasteiger partial charge in [0.25, 0.3) is 0 Å². The molecule has 2 aliphatic rings. The molecule has 200 valence electrons. The highest BCUT2D eigenvalue weighted by atomic mass is 16.6. The Kier molecular flexibility index (Phi) is 7.21. The van der Waals surface area contributed by atoms with E-state index in [9.17, 15) is 14.4 Å². The Morgan fingerprint density at radius 1 is 1.19 bits per heavy atom. The van der Waals surface area contributed by atoms with E-state index in [2.05, 4.69) is 10.3 Å². The molecule has 2 heterocycles. The van der Waals surface area contributed by atoms with Crippen molar-refractivity contribution in [2.24, 2.45) is 5.92 Å². The molecule has 0 radical (unpaired) electrons. The molecule has 37 heavy (non-hydrogen) atoms. The predicted octanol–water partition coefficient (Wildman–Crippen LogP) is 3.46. The van der Waals surface area contributed by atoms with E-state index in [1.54, 1.807) is 34.1 Å². The highest BCUT2D eigenvalue weighted by Gasteiger charge is 2.62. The van der Waals surface area contributed by atoms with E-state index in [0.29, 0.717) is 18.1 Å². The molecule has 2 amide bonds. The van der Waals surface area contributed by atoms with Gasteiger partial charge in [0.2, 0.25) is 11.8 Å². The maximum Gasteiger partial charge on any atom is 0.411 e. The Labute approximate surface area is 216 Å². The van der Waals surface area contributed by atoms with Gasteiger partial charge in [0.05, 0.1) is 20.8 Å². The highest BCUT2D eigenvalue weighted by Crippen LogP contribution is 2.47. The van der Waals surface area contributed by atoms with Crippen LogP contribution in [-0.4, -0.2) is 71.9 Å². The van der Waals surface area contributed by atoms with Crippen LogP contribution in [0.5, 0.6) is 11.6 Å². The van der Waals surface area contributed by atoms with E-state index >= 15 is 0 Å². The number of rotatable bonds is 7. The van der Waals surface area contributed by atoms with Gasteiger partial charge >= 0.3 is 12.1 Å². The Bertz CT molecular complexity index is 1190. The largest absolute Gasteiger partial charge is 0.497 e. The quantitative estimate of drug-likeness (QED) is 0.560. The molecule has 1 saturated carbocycles. The molecule has 1 aromatic heterocycles. The molecule has 4 atom stereocenters. The smallest absolute Gasteiger partial charge is 0.411 e. The summed E-state index contributed by atoms with van der Waals surface area (Å²) in [5.74, 6) is 0.189. The van der Waals surface area contributed by atoms with Gasteiger partial charge in [-0.1, -0.05) is 13.3 Å². The lowest BCUT2D eigenvalue weighted by Gasteiger charge is -2.28. The number of esters is 1. The summed E-state index contributed by atoms with van der Waals surface area (Å²) in [6.07, 6.45) is 1.94. The Hall–Kier alpha value is -3.56. The number of carbonyl (C=O) groups is 3. The minimum Gasteiger partial charge on any atom is -0.497 e. The molecule has 1 aliphatic carbocycles. The number of fused-ring (bicyclic) bond motifs is 1. The molecular formula is C27H35N3O7. The van der Waals surface area contributed by atoms with Gasteiger partial charge in [-0.25, -0.2) is 14.6 Å². The topological polar surface area (TPSA) is 116 Å². The SMILES string of the molecule is CCC1CC1(NC(=O)C1CC(Oc2nccc3cc(OC)ccc23)CN1C(=O)OC(C)(C)C)C(=O)OC. The zero-order chi connectivity index (χ0) is 27.0. The summed E-state index contributed by atoms with van der Waals surface area (Å²) in [6.45, 7) is 7.38. The average Bonchev–Trinajstić information content (AvgIpc) is 3.40. The van der Waals surface area contributed by atoms with Gasteiger partial charge in [-0.05, 0) is 62.8 Å². The molecule has 1 aromatic carbocycles. The van der Waals surface area contributed by atoms with Crippen molar-refractivity contribution in [2.75, 3.05) is 20.8 Å². The maximum absolute atomic E-state index is 13.5. The molecular weight excluding hydrogens is 478 g/mol. The molecule has 2 aromatic rings.